The molecule has 120 valence electrons. The molecule has 1 rings (SSSR count). The molecule has 0 bridgehead atoms. The number of hydrogen-bond donors (Lipinski definition) is 2. The first kappa shape index (κ1) is 17.9. The minimum absolute atomic E-state index is 0.0679. The summed E-state index contributed by atoms with van der Waals surface area (Å²) in [6.07, 6.45) is 5.68. The molecule has 0 aromatic heterocycles. The minimum Gasteiger partial charge on any atom is -0.394 e. The van der Waals surface area contributed by atoms with Crippen molar-refractivity contribution >= 4 is 0 Å². The quantitative estimate of drug-likeness (QED) is 0.672. The molecular weight excluding hydrogens is 250 g/mol. The van der Waals surface area contributed by atoms with Crippen LogP contribution in [0.3, 0.4) is 0 Å². The maximum Gasteiger partial charge on any atom is 0.0616 e. The van der Waals surface area contributed by atoms with E-state index < -0.39 is 0 Å². The van der Waals surface area contributed by atoms with Crippen molar-refractivity contribution in [3.05, 3.63) is 0 Å². The third kappa shape index (κ3) is 5.71. The lowest BCUT2D eigenvalue weighted by Gasteiger charge is -2.37. The molecule has 0 saturated heterocycles. The molecule has 0 radical (unpaired) electrons. The molecule has 1 saturated carbocycles. The van der Waals surface area contributed by atoms with E-state index in [0.29, 0.717) is 17.4 Å². The highest BCUT2D eigenvalue weighted by Gasteiger charge is 2.42. The van der Waals surface area contributed by atoms with Crippen molar-refractivity contribution in [2.24, 2.45) is 11.3 Å². The monoisotopic (exact) mass is 285 g/mol. The highest BCUT2D eigenvalue weighted by Crippen LogP contribution is 2.38. The number of hydrogen-bond acceptors (Lipinski definition) is 3. The molecule has 2 unspecified atom stereocenters. The van der Waals surface area contributed by atoms with Crippen LogP contribution < -0.4 is 5.32 Å². The van der Waals surface area contributed by atoms with E-state index in [1.807, 2.05) is 0 Å². The lowest BCUT2D eigenvalue weighted by atomic mass is 9.85. The Bertz CT molecular complexity index is 273. The SMILES string of the molecule is CC(C)NC1(CO)CCCC1CCOCCC(C)(C)C. The molecule has 0 amide bonds. The maximum absolute atomic E-state index is 9.84. The molecule has 1 fully saturated rings. The molecule has 2 N–H and O–H groups in total. The van der Waals surface area contributed by atoms with Gasteiger partial charge < -0.3 is 15.2 Å². The van der Waals surface area contributed by atoms with Crippen molar-refractivity contribution in [3.8, 4) is 0 Å². The van der Waals surface area contributed by atoms with Crippen molar-refractivity contribution in [2.45, 2.75) is 78.3 Å². The van der Waals surface area contributed by atoms with E-state index in [2.05, 4.69) is 39.9 Å². The lowest BCUT2D eigenvalue weighted by molar-refractivity contribution is 0.0655. The number of nitrogens with one attached hydrogen (secondary N) is 1. The van der Waals surface area contributed by atoms with E-state index in [9.17, 15) is 5.11 Å². The molecule has 0 aromatic carbocycles. The van der Waals surface area contributed by atoms with Crippen LogP contribution in [0.5, 0.6) is 0 Å². The Morgan fingerprint density at radius 3 is 2.55 bits per heavy atom. The highest BCUT2D eigenvalue weighted by molar-refractivity contribution is 4.99. The zero-order valence-corrected chi connectivity index (χ0v) is 14.2. The predicted octanol–water partition coefficient (Wildman–Crippen LogP) is 3.36. The fourth-order valence-electron chi connectivity index (χ4n) is 3.29. The first-order chi connectivity index (χ1) is 9.29. The Hall–Kier alpha value is -0.120. The van der Waals surface area contributed by atoms with Crippen LogP contribution in [-0.4, -0.2) is 36.5 Å². The van der Waals surface area contributed by atoms with Gasteiger partial charge in [-0.05, 0) is 37.0 Å². The Balaban J connectivity index is 2.34. The van der Waals surface area contributed by atoms with Crippen molar-refractivity contribution < 1.29 is 9.84 Å². The fraction of sp³-hybridized carbons (Fsp3) is 1.00. The summed E-state index contributed by atoms with van der Waals surface area (Å²) < 4.78 is 5.81. The van der Waals surface area contributed by atoms with Gasteiger partial charge in [-0.15, -0.1) is 0 Å². The van der Waals surface area contributed by atoms with Gasteiger partial charge >= 0.3 is 0 Å². The molecule has 20 heavy (non-hydrogen) atoms. The third-order valence-electron chi connectivity index (χ3n) is 4.42. The summed E-state index contributed by atoms with van der Waals surface area (Å²) >= 11 is 0. The molecule has 1 aliphatic carbocycles. The highest BCUT2D eigenvalue weighted by atomic mass is 16.5. The minimum atomic E-state index is -0.0679. The average molecular weight is 285 g/mol. The molecule has 2 atom stereocenters. The van der Waals surface area contributed by atoms with Crippen molar-refractivity contribution in [2.75, 3.05) is 19.8 Å². The van der Waals surface area contributed by atoms with Gasteiger partial charge in [0.2, 0.25) is 0 Å². The van der Waals surface area contributed by atoms with Crippen LogP contribution in [0.4, 0.5) is 0 Å². The second-order valence-electron chi connectivity index (χ2n) is 7.91. The van der Waals surface area contributed by atoms with Gasteiger partial charge in [0, 0.05) is 24.8 Å². The average Bonchev–Trinajstić information content (AvgIpc) is 2.70. The van der Waals surface area contributed by atoms with Gasteiger partial charge in [-0.1, -0.05) is 41.0 Å². The van der Waals surface area contributed by atoms with Crippen LogP contribution in [0.25, 0.3) is 0 Å². The summed E-state index contributed by atoms with van der Waals surface area (Å²) in [5, 5.41) is 13.5. The predicted molar refractivity (Wildman–Crippen MR) is 84.9 cm³/mol. The summed E-state index contributed by atoms with van der Waals surface area (Å²) in [5.41, 5.74) is 0.281. The second kappa shape index (κ2) is 7.77. The van der Waals surface area contributed by atoms with Gasteiger partial charge in [-0.3, -0.25) is 0 Å². The van der Waals surface area contributed by atoms with Gasteiger partial charge in [0.05, 0.1) is 6.61 Å². The topological polar surface area (TPSA) is 41.5 Å². The van der Waals surface area contributed by atoms with Crippen LogP contribution in [0.15, 0.2) is 0 Å². The molecule has 3 nitrogen and oxygen atoms in total. The molecule has 1 aliphatic rings. The number of rotatable bonds is 8. The molecule has 0 aromatic rings. The van der Waals surface area contributed by atoms with Crippen molar-refractivity contribution in [3.63, 3.8) is 0 Å². The number of ether oxygens (including phenoxy) is 1. The van der Waals surface area contributed by atoms with Gasteiger partial charge in [0.15, 0.2) is 0 Å². The van der Waals surface area contributed by atoms with Crippen LogP contribution in [0.2, 0.25) is 0 Å². The Labute approximate surface area is 125 Å². The summed E-state index contributed by atoms with van der Waals surface area (Å²) in [5.74, 6) is 0.546. The molecular formula is C17H35NO2. The Kier molecular flexibility index (Phi) is 6.96. The van der Waals surface area contributed by atoms with Gasteiger partial charge in [0.1, 0.15) is 0 Å². The fourth-order valence-corrected chi connectivity index (χ4v) is 3.29. The van der Waals surface area contributed by atoms with E-state index in [1.165, 1.54) is 12.8 Å². The number of aliphatic hydroxyl groups excluding tert-OH is 1. The van der Waals surface area contributed by atoms with Crippen LogP contribution in [-0.2, 0) is 4.74 Å². The Morgan fingerprint density at radius 1 is 1.30 bits per heavy atom. The van der Waals surface area contributed by atoms with Crippen LogP contribution in [0.1, 0.15) is 66.7 Å². The van der Waals surface area contributed by atoms with Crippen LogP contribution >= 0.6 is 0 Å². The number of aliphatic hydroxyl groups is 1. The van der Waals surface area contributed by atoms with E-state index in [1.54, 1.807) is 0 Å². The summed E-state index contributed by atoms with van der Waals surface area (Å²) in [6.45, 7) is 13.0. The molecule has 0 heterocycles. The zero-order valence-electron chi connectivity index (χ0n) is 14.2. The molecule has 3 heteroatoms. The summed E-state index contributed by atoms with van der Waals surface area (Å²) in [6, 6.07) is 0.421. The molecule has 0 aliphatic heterocycles. The van der Waals surface area contributed by atoms with E-state index >= 15 is 0 Å². The normalized spacial score (nSPS) is 27.4. The van der Waals surface area contributed by atoms with E-state index in [-0.39, 0.29) is 12.1 Å². The van der Waals surface area contributed by atoms with E-state index in [4.69, 9.17) is 4.74 Å². The van der Waals surface area contributed by atoms with Gasteiger partial charge in [0.25, 0.3) is 0 Å². The zero-order chi connectivity index (χ0) is 15.2. The summed E-state index contributed by atoms with van der Waals surface area (Å²) in [7, 11) is 0. The van der Waals surface area contributed by atoms with Gasteiger partial charge in [-0.25, -0.2) is 0 Å². The largest absolute Gasteiger partial charge is 0.394 e. The smallest absolute Gasteiger partial charge is 0.0616 e. The summed E-state index contributed by atoms with van der Waals surface area (Å²) in [4.78, 5) is 0. The first-order valence-corrected chi connectivity index (χ1v) is 8.25. The maximum atomic E-state index is 9.84. The van der Waals surface area contributed by atoms with Crippen LogP contribution in [0, 0.1) is 11.3 Å². The van der Waals surface area contributed by atoms with Gasteiger partial charge in [-0.2, -0.15) is 0 Å². The third-order valence-corrected chi connectivity index (χ3v) is 4.42. The first-order valence-electron chi connectivity index (χ1n) is 8.25. The second-order valence-corrected chi connectivity index (χ2v) is 7.91. The van der Waals surface area contributed by atoms with E-state index in [0.717, 1.165) is 32.5 Å². The molecule has 0 spiro atoms. The van der Waals surface area contributed by atoms with Crippen molar-refractivity contribution in [1.29, 1.82) is 0 Å². The van der Waals surface area contributed by atoms with Crippen molar-refractivity contribution in [1.82, 2.24) is 5.32 Å². The Morgan fingerprint density at radius 2 is 2.00 bits per heavy atom. The lowest BCUT2D eigenvalue weighted by Crippen LogP contribution is -2.54. The standard InChI is InChI=1S/C17H35NO2/c1-14(2)18-17(13-19)9-6-7-15(17)8-11-20-12-10-16(3,4)5/h14-15,18-19H,6-13H2,1-5H3.